The molecule has 0 aliphatic heterocycles. The molecule has 0 rings (SSSR count). The van der Waals surface area contributed by atoms with Crippen molar-refractivity contribution in [2.45, 2.75) is 6.92 Å². The van der Waals surface area contributed by atoms with Crippen molar-refractivity contribution in [3.05, 3.63) is 0 Å². The maximum absolute atomic E-state index is 10.8. The lowest BCUT2D eigenvalue weighted by atomic mass is 10.7. The summed E-state index contributed by atoms with van der Waals surface area (Å²) in [5.74, 6) is -0.201. The largest absolute Gasteiger partial charge is 0.409 e. The Labute approximate surface area is 59.0 Å². The zero-order valence-corrected chi connectivity index (χ0v) is 6.58. The van der Waals surface area contributed by atoms with Gasteiger partial charge in [-0.3, -0.25) is 4.57 Å². The second kappa shape index (κ2) is 3.58. The molecule has 0 saturated carbocycles. The predicted octanol–water partition coefficient (Wildman–Crippen LogP) is 0.0231. The average molecular weight is 166 g/mol. The van der Waals surface area contributed by atoms with Gasteiger partial charge in [0.15, 0.2) is 0 Å². The van der Waals surface area contributed by atoms with Gasteiger partial charge in [-0.2, -0.15) is 0 Å². The van der Waals surface area contributed by atoms with E-state index in [0.717, 1.165) is 0 Å². The molecule has 0 saturated heterocycles. The van der Waals surface area contributed by atoms with Gasteiger partial charge in [0.25, 0.3) is 0 Å². The van der Waals surface area contributed by atoms with Gasteiger partial charge in [-0.15, -0.1) is 0 Å². The van der Waals surface area contributed by atoms with E-state index in [0.29, 0.717) is 0 Å². The third kappa shape index (κ3) is 3.48. The van der Waals surface area contributed by atoms with Gasteiger partial charge in [-0.25, -0.2) is 0 Å². The minimum absolute atomic E-state index is 0.142. The predicted molar refractivity (Wildman–Crippen MR) is 38.6 cm³/mol. The minimum Gasteiger partial charge on any atom is -0.409 e. The van der Waals surface area contributed by atoms with Gasteiger partial charge < -0.3 is 15.8 Å². The van der Waals surface area contributed by atoms with E-state index >= 15 is 0 Å². The molecule has 0 aromatic rings. The zero-order chi connectivity index (χ0) is 8.20. The summed E-state index contributed by atoms with van der Waals surface area (Å²) in [6, 6.07) is 0. The summed E-state index contributed by atoms with van der Waals surface area (Å²) in [6.45, 7) is 1.57. The summed E-state index contributed by atoms with van der Waals surface area (Å²) < 4.78 is 10.8. The first-order chi connectivity index (χ1) is 4.52. The van der Waals surface area contributed by atoms with E-state index < -0.39 is 7.37 Å². The molecule has 0 fully saturated rings. The van der Waals surface area contributed by atoms with Crippen LogP contribution in [-0.4, -0.2) is 28.3 Å². The fourth-order valence-corrected chi connectivity index (χ4v) is 1.19. The van der Waals surface area contributed by atoms with Crippen molar-refractivity contribution in [3.63, 3.8) is 0 Å². The van der Waals surface area contributed by atoms with Gasteiger partial charge in [0, 0.05) is 6.16 Å². The van der Waals surface area contributed by atoms with Crippen molar-refractivity contribution in [1.82, 2.24) is 0 Å². The Morgan fingerprint density at radius 3 is 2.60 bits per heavy atom. The maximum atomic E-state index is 10.8. The Balaban J connectivity index is 4.02. The summed E-state index contributed by atoms with van der Waals surface area (Å²) in [6.07, 6.45) is -0.0940. The molecule has 0 bridgehead atoms. The zero-order valence-electron chi connectivity index (χ0n) is 5.69. The summed E-state index contributed by atoms with van der Waals surface area (Å²) in [5.41, 5.74) is 5.00. The summed E-state index contributed by atoms with van der Waals surface area (Å²) in [4.78, 5) is 8.91. The number of oxime groups is 1. The van der Waals surface area contributed by atoms with Crippen molar-refractivity contribution in [3.8, 4) is 0 Å². The van der Waals surface area contributed by atoms with Crippen LogP contribution in [0.1, 0.15) is 6.92 Å². The fourth-order valence-electron chi connectivity index (χ4n) is 0.397. The van der Waals surface area contributed by atoms with Crippen LogP contribution >= 0.6 is 7.37 Å². The SMILES string of the molecule is CCP(=O)(O)CC(N)=NO. The molecule has 10 heavy (non-hydrogen) atoms. The van der Waals surface area contributed by atoms with Crippen molar-refractivity contribution in [1.29, 1.82) is 0 Å². The topological polar surface area (TPSA) is 95.9 Å². The van der Waals surface area contributed by atoms with Crippen molar-refractivity contribution < 1.29 is 14.7 Å². The molecule has 0 aromatic heterocycles. The summed E-state index contributed by atoms with van der Waals surface area (Å²) >= 11 is 0. The van der Waals surface area contributed by atoms with Crippen LogP contribution in [0.15, 0.2) is 5.16 Å². The minimum atomic E-state index is -3.16. The first-order valence-corrected chi connectivity index (χ1v) is 4.82. The molecule has 0 amide bonds. The molecule has 0 radical (unpaired) electrons. The van der Waals surface area contributed by atoms with E-state index in [1.54, 1.807) is 6.92 Å². The highest BCUT2D eigenvalue weighted by Gasteiger charge is 2.16. The van der Waals surface area contributed by atoms with E-state index in [2.05, 4.69) is 5.16 Å². The smallest absolute Gasteiger partial charge is 0.207 e. The monoisotopic (exact) mass is 166 g/mol. The Kier molecular flexibility index (Phi) is 3.39. The molecule has 0 aromatic carbocycles. The van der Waals surface area contributed by atoms with Gasteiger partial charge in [0.1, 0.15) is 5.84 Å². The van der Waals surface area contributed by atoms with Crippen LogP contribution in [0.4, 0.5) is 0 Å². The number of amidine groups is 1. The van der Waals surface area contributed by atoms with Crippen LogP contribution < -0.4 is 5.73 Å². The third-order valence-electron chi connectivity index (χ3n) is 1.03. The Morgan fingerprint density at radius 1 is 1.80 bits per heavy atom. The lowest BCUT2D eigenvalue weighted by Gasteiger charge is -2.05. The van der Waals surface area contributed by atoms with Crippen LogP contribution in [0.2, 0.25) is 0 Å². The second-order valence-corrected chi connectivity index (χ2v) is 4.55. The van der Waals surface area contributed by atoms with Gasteiger partial charge >= 0.3 is 0 Å². The number of nitrogens with zero attached hydrogens (tertiary/aromatic N) is 1. The number of nitrogens with two attached hydrogens (primary N) is 1. The third-order valence-corrected chi connectivity index (χ3v) is 2.84. The standard InChI is InChI=1S/C4H11N2O3P/c1-2-10(8,9)3-4(5)6-7/h7H,2-3H2,1H3,(H2,5,6)(H,8,9). The molecular formula is C4H11N2O3P. The number of hydrogen-bond donors (Lipinski definition) is 3. The second-order valence-electron chi connectivity index (χ2n) is 1.91. The van der Waals surface area contributed by atoms with Crippen LogP contribution in [0, 0.1) is 0 Å². The van der Waals surface area contributed by atoms with Gasteiger partial charge in [-0.1, -0.05) is 12.1 Å². The molecule has 0 heterocycles. The van der Waals surface area contributed by atoms with Crippen LogP contribution in [-0.2, 0) is 4.57 Å². The lowest BCUT2D eigenvalue weighted by Crippen LogP contribution is -2.17. The van der Waals surface area contributed by atoms with E-state index in [9.17, 15) is 4.57 Å². The number of rotatable bonds is 3. The van der Waals surface area contributed by atoms with E-state index in [1.165, 1.54) is 0 Å². The molecule has 6 heteroatoms. The van der Waals surface area contributed by atoms with E-state index in [1.807, 2.05) is 0 Å². The van der Waals surface area contributed by atoms with Crippen LogP contribution in [0.5, 0.6) is 0 Å². The average Bonchev–Trinajstić information content (AvgIpc) is 1.87. The van der Waals surface area contributed by atoms with Crippen LogP contribution in [0.25, 0.3) is 0 Å². The number of hydrogen-bond acceptors (Lipinski definition) is 3. The Morgan fingerprint density at radius 2 is 2.30 bits per heavy atom. The highest BCUT2D eigenvalue weighted by atomic mass is 31.2. The first kappa shape index (κ1) is 9.46. The van der Waals surface area contributed by atoms with E-state index in [-0.39, 0.29) is 18.2 Å². The molecule has 4 N–H and O–H groups in total. The Bertz CT molecular complexity index is 179. The van der Waals surface area contributed by atoms with Crippen molar-refractivity contribution >= 4 is 13.2 Å². The molecule has 5 nitrogen and oxygen atoms in total. The molecule has 0 aliphatic rings. The van der Waals surface area contributed by atoms with Gasteiger partial charge in [0.2, 0.25) is 7.37 Å². The molecule has 1 unspecified atom stereocenters. The molecule has 0 aliphatic carbocycles. The van der Waals surface area contributed by atoms with Crippen molar-refractivity contribution in [2.75, 3.05) is 12.3 Å². The first-order valence-electron chi connectivity index (χ1n) is 2.79. The van der Waals surface area contributed by atoms with Gasteiger partial charge in [0.05, 0.1) is 6.16 Å². The van der Waals surface area contributed by atoms with Crippen molar-refractivity contribution in [2.24, 2.45) is 10.9 Å². The summed E-state index contributed by atoms with van der Waals surface area (Å²) in [7, 11) is -3.16. The fraction of sp³-hybridized carbons (Fsp3) is 0.750. The van der Waals surface area contributed by atoms with Crippen LogP contribution in [0.3, 0.4) is 0 Å². The Hall–Kier alpha value is -0.540. The normalized spacial score (nSPS) is 18.4. The molecular weight excluding hydrogens is 155 g/mol. The molecule has 0 spiro atoms. The lowest BCUT2D eigenvalue weighted by molar-refractivity contribution is 0.318. The molecule has 60 valence electrons. The highest BCUT2D eigenvalue weighted by Crippen LogP contribution is 2.38. The molecule has 1 atom stereocenters. The van der Waals surface area contributed by atoms with E-state index in [4.69, 9.17) is 15.8 Å². The quantitative estimate of drug-likeness (QED) is 0.181. The maximum Gasteiger partial charge on any atom is 0.207 e. The van der Waals surface area contributed by atoms with Gasteiger partial charge in [-0.05, 0) is 0 Å². The highest BCUT2D eigenvalue weighted by molar-refractivity contribution is 7.58. The summed E-state index contributed by atoms with van der Waals surface area (Å²) in [5, 5.41) is 10.6.